The Labute approximate surface area is 122 Å². The molecule has 0 aromatic heterocycles. The molecule has 1 aromatic rings. The molecule has 0 aliphatic heterocycles. The average Bonchev–Trinajstić information content (AvgIpc) is 2.33. The molecule has 0 aliphatic carbocycles. The van der Waals surface area contributed by atoms with Crippen LogP contribution in [0.4, 0.5) is 5.69 Å². The molecule has 2 N–H and O–H groups in total. The Hall–Kier alpha value is -1.10. The van der Waals surface area contributed by atoms with Crippen LogP contribution in [0.3, 0.4) is 0 Å². The quantitative estimate of drug-likeness (QED) is 0.846. The molecule has 1 aromatic carbocycles. The third-order valence-electron chi connectivity index (χ3n) is 2.80. The largest absolute Gasteiger partial charge is 0.398 e. The Morgan fingerprint density at radius 2 is 2.11 bits per heavy atom. The van der Waals surface area contributed by atoms with Crippen molar-refractivity contribution in [3.05, 3.63) is 22.2 Å². The van der Waals surface area contributed by atoms with Gasteiger partial charge in [0, 0.05) is 23.8 Å². The van der Waals surface area contributed by atoms with Gasteiger partial charge in [0.2, 0.25) is 10.0 Å². The summed E-state index contributed by atoms with van der Waals surface area (Å²) in [5.74, 6) is -0.371. The fourth-order valence-electron chi connectivity index (χ4n) is 1.63. The summed E-state index contributed by atoms with van der Waals surface area (Å²) in [6.45, 7) is 3.48. The normalized spacial score (nSPS) is 13.3. The van der Waals surface area contributed by atoms with E-state index in [1.165, 1.54) is 17.4 Å². The number of rotatable bonds is 4. The van der Waals surface area contributed by atoms with Gasteiger partial charge in [-0.05, 0) is 31.5 Å². The summed E-state index contributed by atoms with van der Waals surface area (Å²) in [4.78, 5) is 0.159. The lowest BCUT2D eigenvalue weighted by Crippen LogP contribution is -2.31. The van der Waals surface area contributed by atoms with Crippen molar-refractivity contribution in [3.63, 3.8) is 0 Å². The van der Waals surface area contributed by atoms with Gasteiger partial charge in [-0.15, -0.1) is 0 Å². The van der Waals surface area contributed by atoms with Gasteiger partial charge in [-0.1, -0.05) is 15.9 Å². The van der Waals surface area contributed by atoms with E-state index in [1.807, 2.05) is 6.07 Å². The molecule has 5 nitrogen and oxygen atoms in total. The van der Waals surface area contributed by atoms with E-state index in [0.29, 0.717) is 15.7 Å². The van der Waals surface area contributed by atoms with Crippen LogP contribution < -0.4 is 5.73 Å². The fourth-order valence-corrected chi connectivity index (χ4v) is 3.80. The van der Waals surface area contributed by atoms with Crippen LogP contribution in [0.25, 0.3) is 0 Å². The number of nitrogens with two attached hydrogens (primary N) is 1. The standard InChI is InChI=1S/C12H16BrN3O2S/c1-8(6-14)7-16(3)19(17,18)12-5-10(13)4-11(15)9(12)2/h4-5,8H,7,15H2,1-3H3. The summed E-state index contributed by atoms with van der Waals surface area (Å²) in [6.07, 6.45) is 0. The number of benzene rings is 1. The van der Waals surface area contributed by atoms with Crippen LogP contribution in [0.1, 0.15) is 12.5 Å². The fraction of sp³-hybridized carbons (Fsp3) is 0.417. The zero-order valence-corrected chi connectivity index (χ0v) is 13.4. The minimum atomic E-state index is -3.65. The smallest absolute Gasteiger partial charge is 0.243 e. The number of halogens is 1. The molecule has 1 atom stereocenters. The molecule has 0 bridgehead atoms. The first kappa shape index (κ1) is 16.0. The Balaban J connectivity index is 3.25. The highest BCUT2D eigenvalue weighted by atomic mass is 79.9. The maximum Gasteiger partial charge on any atom is 0.243 e. The molecule has 0 spiro atoms. The molecule has 0 radical (unpaired) electrons. The monoisotopic (exact) mass is 345 g/mol. The number of nitrogen functional groups attached to an aromatic ring is 1. The summed E-state index contributed by atoms with van der Waals surface area (Å²) in [5.41, 5.74) is 6.71. The molecule has 0 amide bonds. The van der Waals surface area contributed by atoms with E-state index in [1.54, 1.807) is 19.9 Å². The van der Waals surface area contributed by atoms with Gasteiger partial charge < -0.3 is 5.73 Å². The summed E-state index contributed by atoms with van der Waals surface area (Å²) in [5, 5.41) is 8.76. The van der Waals surface area contributed by atoms with E-state index in [0.717, 1.165) is 0 Å². The first-order valence-corrected chi connectivity index (χ1v) is 7.85. The summed E-state index contributed by atoms with van der Waals surface area (Å²) in [7, 11) is -2.19. The second-order valence-electron chi connectivity index (χ2n) is 4.43. The predicted octanol–water partition coefficient (Wildman–Crippen LogP) is 2.12. The molecule has 0 aliphatic rings. The Morgan fingerprint density at radius 1 is 1.53 bits per heavy atom. The molecule has 0 saturated heterocycles. The van der Waals surface area contributed by atoms with Gasteiger partial charge in [-0.25, -0.2) is 8.42 Å². The van der Waals surface area contributed by atoms with Crippen LogP contribution in [0.15, 0.2) is 21.5 Å². The number of nitriles is 1. The zero-order chi connectivity index (χ0) is 14.8. The van der Waals surface area contributed by atoms with Crippen molar-refractivity contribution in [1.29, 1.82) is 5.26 Å². The topological polar surface area (TPSA) is 87.2 Å². The summed E-state index contributed by atoms with van der Waals surface area (Å²) < 4.78 is 26.7. The Bertz CT molecular complexity index is 623. The molecule has 1 rings (SSSR count). The van der Waals surface area contributed by atoms with Crippen molar-refractivity contribution in [3.8, 4) is 6.07 Å². The molecule has 7 heteroatoms. The molecular weight excluding hydrogens is 330 g/mol. The van der Waals surface area contributed by atoms with Crippen LogP contribution >= 0.6 is 15.9 Å². The first-order valence-electron chi connectivity index (χ1n) is 5.61. The molecule has 104 valence electrons. The van der Waals surface area contributed by atoms with Crippen molar-refractivity contribution in [2.75, 3.05) is 19.3 Å². The Morgan fingerprint density at radius 3 is 2.63 bits per heavy atom. The average molecular weight is 346 g/mol. The van der Waals surface area contributed by atoms with Gasteiger partial charge in [-0.3, -0.25) is 0 Å². The van der Waals surface area contributed by atoms with Crippen molar-refractivity contribution in [1.82, 2.24) is 4.31 Å². The van der Waals surface area contributed by atoms with Crippen molar-refractivity contribution >= 4 is 31.6 Å². The second-order valence-corrected chi connectivity index (χ2v) is 7.36. The number of nitrogens with zero attached hydrogens (tertiary/aromatic N) is 2. The number of sulfonamides is 1. The molecule has 0 saturated carbocycles. The minimum Gasteiger partial charge on any atom is -0.398 e. The second kappa shape index (κ2) is 5.90. The number of hydrogen-bond acceptors (Lipinski definition) is 4. The highest BCUT2D eigenvalue weighted by Gasteiger charge is 2.25. The lowest BCUT2D eigenvalue weighted by molar-refractivity contribution is 0.439. The van der Waals surface area contributed by atoms with E-state index in [9.17, 15) is 8.42 Å². The summed E-state index contributed by atoms with van der Waals surface area (Å²) in [6, 6.07) is 5.20. The SMILES string of the molecule is Cc1c(N)cc(Br)cc1S(=O)(=O)N(C)CC(C)C#N. The van der Waals surface area contributed by atoms with E-state index in [-0.39, 0.29) is 17.4 Å². The maximum atomic E-state index is 12.4. The van der Waals surface area contributed by atoms with Crippen molar-refractivity contribution < 1.29 is 8.42 Å². The summed E-state index contributed by atoms with van der Waals surface area (Å²) >= 11 is 3.24. The molecule has 0 heterocycles. The highest BCUT2D eigenvalue weighted by Crippen LogP contribution is 2.28. The van der Waals surface area contributed by atoms with Crippen molar-refractivity contribution in [2.24, 2.45) is 5.92 Å². The molecule has 1 unspecified atom stereocenters. The van der Waals surface area contributed by atoms with Crippen LogP contribution in [0.2, 0.25) is 0 Å². The lowest BCUT2D eigenvalue weighted by Gasteiger charge is -2.20. The van der Waals surface area contributed by atoms with Crippen LogP contribution in [-0.2, 0) is 10.0 Å². The van der Waals surface area contributed by atoms with E-state index in [4.69, 9.17) is 11.0 Å². The molecule has 19 heavy (non-hydrogen) atoms. The van der Waals surface area contributed by atoms with Gasteiger partial charge >= 0.3 is 0 Å². The Kier molecular flexibility index (Phi) is 4.96. The van der Waals surface area contributed by atoms with Gasteiger partial charge in [0.25, 0.3) is 0 Å². The zero-order valence-electron chi connectivity index (χ0n) is 11.0. The van der Waals surface area contributed by atoms with Crippen LogP contribution in [-0.4, -0.2) is 26.3 Å². The lowest BCUT2D eigenvalue weighted by atomic mass is 10.2. The maximum absolute atomic E-state index is 12.4. The van der Waals surface area contributed by atoms with Gasteiger partial charge in [-0.2, -0.15) is 9.57 Å². The van der Waals surface area contributed by atoms with E-state index < -0.39 is 10.0 Å². The highest BCUT2D eigenvalue weighted by molar-refractivity contribution is 9.10. The third kappa shape index (κ3) is 3.47. The van der Waals surface area contributed by atoms with Crippen LogP contribution in [0.5, 0.6) is 0 Å². The van der Waals surface area contributed by atoms with E-state index in [2.05, 4.69) is 15.9 Å². The predicted molar refractivity (Wildman–Crippen MR) is 77.9 cm³/mol. The van der Waals surface area contributed by atoms with Gasteiger partial charge in [0.05, 0.1) is 16.9 Å². The molecule has 0 fully saturated rings. The van der Waals surface area contributed by atoms with Crippen molar-refractivity contribution in [2.45, 2.75) is 18.7 Å². The number of hydrogen-bond donors (Lipinski definition) is 1. The van der Waals surface area contributed by atoms with E-state index >= 15 is 0 Å². The molecular formula is C12H16BrN3O2S. The first-order chi connectivity index (χ1) is 8.70. The van der Waals surface area contributed by atoms with Crippen LogP contribution in [0, 0.1) is 24.2 Å². The minimum absolute atomic E-state index is 0.144. The third-order valence-corrected chi connectivity index (χ3v) is 5.21. The van der Waals surface area contributed by atoms with Gasteiger partial charge in [0.1, 0.15) is 0 Å². The number of anilines is 1. The van der Waals surface area contributed by atoms with Gasteiger partial charge in [0.15, 0.2) is 0 Å².